The number of nitrogens with zero attached hydrogens (tertiary/aromatic N) is 2. The molecule has 0 unspecified atom stereocenters. The smallest absolute Gasteiger partial charge is 0.325 e. The first-order chi connectivity index (χ1) is 10.9. The summed E-state index contributed by atoms with van der Waals surface area (Å²) in [5, 5.41) is 2.44. The predicted molar refractivity (Wildman–Crippen MR) is 83.7 cm³/mol. The second-order valence-corrected chi connectivity index (χ2v) is 6.67. The summed E-state index contributed by atoms with van der Waals surface area (Å²) >= 11 is 0. The average molecular weight is 318 g/mol. The van der Waals surface area contributed by atoms with E-state index in [-0.39, 0.29) is 23.8 Å². The number of nitrogens with one attached hydrogen (secondary N) is 2. The number of hydrogen-bond donors (Lipinski definition) is 2. The van der Waals surface area contributed by atoms with E-state index in [1.807, 2.05) is 13.8 Å². The lowest BCUT2D eigenvalue weighted by Crippen LogP contribution is -2.58. The van der Waals surface area contributed by atoms with Crippen LogP contribution in [0.5, 0.6) is 0 Å². The van der Waals surface area contributed by atoms with Crippen LogP contribution in [0.4, 0.5) is 4.79 Å². The molecule has 1 spiro atoms. The summed E-state index contributed by atoms with van der Waals surface area (Å²) in [4.78, 5) is 43.2. The highest BCUT2D eigenvalue weighted by Gasteiger charge is 2.54. The molecule has 3 heterocycles. The molecule has 0 atom stereocenters. The van der Waals surface area contributed by atoms with Gasteiger partial charge in [-0.05, 0) is 30.9 Å². The number of likely N-dealkylation sites (tertiary alicyclic amines) is 1. The van der Waals surface area contributed by atoms with E-state index in [9.17, 15) is 14.4 Å². The molecule has 0 saturated carbocycles. The van der Waals surface area contributed by atoms with E-state index < -0.39 is 5.54 Å². The van der Waals surface area contributed by atoms with Gasteiger partial charge in [0.15, 0.2) is 0 Å². The Morgan fingerprint density at radius 1 is 1.30 bits per heavy atom. The molecule has 1 aromatic rings. The van der Waals surface area contributed by atoms with Gasteiger partial charge in [-0.25, -0.2) is 4.79 Å². The molecule has 23 heavy (non-hydrogen) atoms. The molecule has 1 aromatic heterocycles. The van der Waals surface area contributed by atoms with E-state index in [2.05, 4.69) is 10.3 Å². The normalized spacial score (nSPS) is 20.5. The standard InChI is InChI=1S/C16H22N4O3/c1-11(2)10-20-15(23)18-14(22)16(20)5-8-19(9-6-16)13(21)12-4-3-7-17-12/h3-4,7,11,17H,5-6,8-10H2,1-2H3,(H,18,22,23). The first-order valence-corrected chi connectivity index (χ1v) is 8.00. The fraction of sp³-hybridized carbons (Fsp3) is 0.562. The van der Waals surface area contributed by atoms with E-state index in [1.54, 1.807) is 28.1 Å². The Hall–Kier alpha value is -2.31. The Kier molecular flexibility index (Phi) is 3.87. The van der Waals surface area contributed by atoms with Gasteiger partial charge in [-0.15, -0.1) is 0 Å². The maximum atomic E-state index is 12.4. The second-order valence-electron chi connectivity index (χ2n) is 6.67. The van der Waals surface area contributed by atoms with Crippen molar-refractivity contribution in [2.24, 2.45) is 5.92 Å². The third-order valence-electron chi connectivity index (χ3n) is 4.66. The van der Waals surface area contributed by atoms with Crippen LogP contribution in [0.1, 0.15) is 37.2 Å². The molecule has 3 rings (SSSR count). The zero-order valence-corrected chi connectivity index (χ0v) is 13.5. The minimum absolute atomic E-state index is 0.0648. The molecule has 0 aromatic carbocycles. The van der Waals surface area contributed by atoms with Crippen molar-refractivity contribution < 1.29 is 14.4 Å². The largest absolute Gasteiger partial charge is 0.357 e. The van der Waals surface area contributed by atoms with Gasteiger partial charge >= 0.3 is 6.03 Å². The van der Waals surface area contributed by atoms with E-state index in [0.717, 1.165) is 0 Å². The van der Waals surface area contributed by atoms with Crippen molar-refractivity contribution in [1.82, 2.24) is 20.1 Å². The van der Waals surface area contributed by atoms with Gasteiger partial charge in [-0.2, -0.15) is 0 Å². The monoisotopic (exact) mass is 318 g/mol. The average Bonchev–Trinajstić information content (AvgIpc) is 3.12. The zero-order chi connectivity index (χ0) is 16.6. The van der Waals surface area contributed by atoms with Crippen LogP contribution in [0.15, 0.2) is 18.3 Å². The number of amides is 4. The summed E-state index contributed by atoms with van der Waals surface area (Å²) in [6.07, 6.45) is 2.67. The number of carbonyl (C=O) groups excluding carboxylic acids is 3. The Balaban J connectivity index is 1.74. The molecular weight excluding hydrogens is 296 g/mol. The quantitative estimate of drug-likeness (QED) is 0.821. The number of H-pyrrole nitrogens is 1. The molecule has 7 nitrogen and oxygen atoms in total. The van der Waals surface area contributed by atoms with Crippen LogP contribution in [0, 0.1) is 5.92 Å². The summed E-state index contributed by atoms with van der Waals surface area (Å²) in [6, 6.07) is 3.21. The van der Waals surface area contributed by atoms with E-state index in [0.29, 0.717) is 38.2 Å². The Morgan fingerprint density at radius 2 is 2.00 bits per heavy atom. The summed E-state index contributed by atoms with van der Waals surface area (Å²) in [5.41, 5.74) is -0.250. The van der Waals surface area contributed by atoms with Crippen molar-refractivity contribution in [2.75, 3.05) is 19.6 Å². The van der Waals surface area contributed by atoms with Gasteiger partial charge in [0.25, 0.3) is 11.8 Å². The molecule has 0 aliphatic carbocycles. The fourth-order valence-corrected chi connectivity index (χ4v) is 3.43. The van der Waals surface area contributed by atoms with Gasteiger partial charge in [0.1, 0.15) is 11.2 Å². The highest BCUT2D eigenvalue weighted by Crippen LogP contribution is 2.34. The Labute approximate surface area is 135 Å². The van der Waals surface area contributed by atoms with Crippen molar-refractivity contribution in [3.8, 4) is 0 Å². The molecule has 2 N–H and O–H groups in total. The number of hydrogen-bond acceptors (Lipinski definition) is 3. The predicted octanol–water partition coefficient (Wildman–Crippen LogP) is 1.20. The van der Waals surface area contributed by atoms with Crippen molar-refractivity contribution in [2.45, 2.75) is 32.2 Å². The van der Waals surface area contributed by atoms with Gasteiger partial charge in [-0.1, -0.05) is 13.8 Å². The molecule has 2 fully saturated rings. The Bertz CT molecular complexity index is 615. The SMILES string of the molecule is CC(C)CN1C(=O)NC(=O)C12CCN(C(=O)c1ccc[nH]1)CC2. The lowest BCUT2D eigenvalue weighted by molar-refractivity contribution is -0.129. The molecule has 7 heteroatoms. The number of aromatic amines is 1. The lowest BCUT2D eigenvalue weighted by Gasteiger charge is -2.42. The first-order valence-electron chi connectivity index (χ1n) is 8.00. The van der Waals surface area contributed by atoms with Gasteiger partial charge in [-0.3, -0.25) is 14.9 Å². The number of urea groups is 1. The highest BCUT2D eigenvalue weighted by molar-refractivity contribution is 6.07. The summed E-state index contributed by atoms with van der Waals surface area (Å²) < 4.78 is 0. The van der Waals surface area contributed by atoms with Crippen LogP contribution in [0.2, 0.25) is 0 Å². The molecule has 2 aliphatic heterocycles. The van der Waals surface area contributed by atoms with Crippen LogP contribution in [0.3, 0.4) is 0 Å². The van der Waals surface area contributed by atoms with Crippen molar-refractivity contribution in [3.05, 3.63) is 24.0 Å². The number of imide groups is 1. The Morgan fingerprint density at radius 3 is 2.57 bits per heavy atom. The van der Waals surface area contributed by atoms with E-state index >= 15 is 0 Å². The second kappa shape index (κ2) is 5.72. The summed E-state index contributed by atoms with van der Waals surface area (Å²) in [7, 11) is 0. The molecule has 124 valence electrons. The third-order valence-corrected chi connectivity index (χ3v) is 4.66. The van der Waals surface area contributed by atoms with E-state index in [4.69, 9.17) is 0 Å². The topological polar surface area (TPSA) is 85.5 Å². The molecule has 0 radical (unpaired) electrons. The fourth-order valence-electron chi connectivity index (χ4n) is 3.43. The van der Waals surface area contributed by atoms with Gasteiger partial charge in [0.05, 0.1) is 0 Å². The minimum atomic E-state index is -0.798. The molecule has 2 aliphatic rings. The van der Waals surface area contributed by atoms with Crippen molar-refractivity contribution in [1.29, 1.82) is 0 Å². The maximum Gasteiger partial charge on any atom is 0.325 e. The van der Waals surface area contributed by atoms with E-state index in [1.165, 1.54) is 0 Å². The maximum absolute atomic E-state index is 12.4. The molecule has 4 amide bonds. The zero-order valence-electron chi connectivity index (χ0n) is 13.5. The van der Waals surface area contributed by atoms with Crippen LogP contribution in [-0.2, 0) is 4.79 Å². The number of aromatic nitrogens is 1. The minimum Gasteiger partial charge on any atom is -0.357 e. The van der Waals surface area contributed by atoms with Crippen LogP contribution in [0.25, 0.3) is 0 Å². The molecular formula is C16H22N4O3. The molecule has 0 bridgehead atoms. The third kappa shape index (κ3) is 2.60. The number of rotatable bonds is 3. The van der Waals surface area contributed by atoms with Gasteiger partial charge in [0.2, 0.25) is 0 Å². The lowest BCUT2D eigenvalue weighted by atomic mass is 9.85. The number of piperidine rings is 1. The van der Waals surface area contributed by atoms with Crippen molar-refractivity contribution >= 4 is 17.8 Å². The van der Waals surface area contributed by atoms with Crippen LogP contribution < -0.4 is 5.32 Å². The van der Waals surface area contributed by atoms with Gasteiger partial charge < -0.3 is 14.8 Å². The highest BCUT2D eigenvalue weighted by atomic mass is 16.2. The summed E-state index contributed by atoms with van der Waals surface area (Å²) in [6.45, 7) is 5.52. The van der Waals surface area contributed by atoms with Crippen LogP contribution >= 0.6 is 0 Å². The molecule has 2 saturated heterocycles. The van der Waals surface area contributed by atoms with Crippen molar-refractivity contribution in [3.63, 3.8) is 0 Å². The first kappa shape index (κ1) is 15.6. The van der Waals surface area contributed by atoms with Gasteiger partial charge in [0, 0.05) is 25.8 Å². The van der Waals surface area contributed by atoms with Crippen LogP contribution in [-0.4, -0.2) is 57.8 Å². The number of carbonyl (C=O) groups is 3. The summed E-state index contributed by atoms with van der Waals surface area (Å²) in [5.74, 6) is -0.0118.